The number of hydrogen-bond acceptors (Lipinski definition) is 4. The largest absolute Gasteiger partial charge is 0.274 e. The van der Waals surface area contributed by atoms with Crippen molar-refractivity contribution >= 4 is 46.2 Å². The van der Waals surface area contributed by atoms with Gasteiger partial charge in [-0.2, -0.15) is 0 Å². The predicted octanol–water partition coefficient (Wildman–Crippen LogP) is 4.39. The van der Waals surface area contributed by atoms with Crippen molar-refractivity contribution in [1.29, 1.82) is 0 Å². The second kappa shape index (κ2) is 14.3. The SMILES string of the molecule is CCCCN(NC(=O)CC(=O)NN(CCCC)C(=S)c1ccccc1)C(=S)c1ccccc1. The normalized spacial score (nSPS) is 10.2. The Kier molecular flexibility index (Phi) is 11.5. The van der Waals surface area contributed by atoms with Crippen LogP contribution in [0.25, 0.3) is 0 Å². The molecule has 2 aromatic carbocycles. The van der Waals surface area contributed by atoms with E-state index < -0.39 is 11.8 Å². The van der Waals surface area contributed by atoms with Gasteiger partial charge in [-0.25, -0.2) is 0 Å². The Balaban J connectivity index is 2.01. The molecule has 8 heteroatoms. The molecule has 2 aromatic rings. The van der Waals surface area contributed by atoms with E-state index in [1.165, 1.54) is 0 Å². The Morgan fingerprint density at radius 3 is 1.39 bits per heavy atom. The van der Waals surface area contributed by atoms with Crippen LogP contribution in [0.5, 0.6) is 0 Å². The van der Waals surface area contributed by atoms with Crippen LogP contribution in [-0.4, -0.2) is 44.9 Å². The number of thiocarbonyl (C=S) groups is 2. The van der Waals surface area contributed by atoms with Crippen LogP contribution in [0.2, 0.25) is 0 Å². The van der Waals surface area contributed by atoms with Gasteiger partial charge in [-0.3, -0.25) is 30.5 Å². The summed E-state index contributed by atoms with van der Waals surface area (Å²) in [6.07, 6.45) is 3.28. The van der Waals surface area contributed by atoms with E-state index in [9.17, 15) is 9.59 Å². The van der Waals surface area contributed by atoms with Crippen molar-refractivity contribution in [3.63, 3.8) is 0 Å². The van der Waals surface area contributed by atoms with Gasteiger partial charge in [-0.05, 0) is 12.8 Å². The molecule has 0 saturated heterocycles. The molecule has 0 heterocycles. The Morgan fingerprint density at radius 2 is 1.06 bits per heavy atom. The predicted molar refractivity (Wildman–Crippen MR) is 140 cm³/mol. The summed E-state index contributed by atoms with van der Waals surface area (Å²) in [6.45, 7) is 5.27. The molecule has 0 fully saturated rings. The van der Waals surface area contributed by atoms with Gasteiger partial charge < -0.3 is 0 Å². The average molecular weight is 485 g/mol. The standard InChI is InChI=1S/C25H32N4O2S2/c1-3-5-17-28(24(32)20-13-9-7-10-14-20)26-22(30)19-23(31)27-29(18-6-4-2)25(33)21-15-11-8-12-16-21/h7-16H,3-6,17-19H2,1-2H3,(H,26,30)(H,27,31). The number of unbranched alkanes of at least 4 members (excludes halogenated alkanes) is 2. The number of amides is 2. The lowest BCUT2D eigenvalue weighted by molar-refractivity contribution is -0.132. The van der Waals surface area contributed by atoms with Crippen molar-refractivity contribution in [2.75, 3.05) is 13.1 Å². The molecule has 0 atom stereocenters. The van der Waals surface area contributed by atoms with Crippen LogP contribution in [0.15, 0.2) is 60.7 Å². The van der Waals surface area contributed by atoms with Gasteiger partial charge in [0.1, 0.15) is 16.4 Å². The minimum Gasteiger partial charge on any atom is -0.274 e. The first-order valence-corrected chi connectivity index (χ1v) is 12.1. The zero-order valence-corrected chi connectivity index (χ0v) is 20.9. The fraction of sp³-hybridized carbons (Fsp3) is 0.360. The number of carbonyl (C=O) groups is 2. The average Bonchev–Trinajstić information content (AvgIpc) is 2.84. The minimum atomic E-state index is -0.428. The molecule has 0 aliphatic carbocycles. The molecule has 0 spiro atoms. The summed E-state index contributed by atoms with van der Waals surface area (Å²) in [5.41, 5.74) is 7.28. The van der Waals surface area contributed by atoms with Crippen LogP contribution in [0.3, 0.4) is 0 Å². The minimum absolute atomic E-state index is 0.333. The van der Waals surface area contributed by atoms with Gasteiger partial charge in [0.2, 0.25) is 11.8 Å². The summed E-state index contributed by atoms with van der Waals surface area (Å²) >= 11 is 11.2. The number of hydrazine groups is 2. The second-order valence-electron chi connectivity index (χ2n) is 7.60. The van der Waals surface area contributed by atoms with E-state index in [0.717, 1.165) is 36.8 Å². The molecular weight excluding hydrogens is 452 g/mol. The highest BCUT2D eigenvalue weighted by Crippen LogP contribution is 2.08. The summed E-state index contributed by atoms with van der Waals surface area (Å²) in [7, 11) is 0. The van der Waals surface area contributed by atoms with Crippen LogP contribution in [0.4, 0.5) is 0 Å². The summed E-state index contributed by atoms with van der Waals surface area (Å²) in [4.78, 5) is 26.4. The molecule has 0 unspecified atom stereocenters. The Morgan fingerprint density at radius 1 is 0.697 bits per heavy atom. The summed E-state index contributed by atoms with van der Waals surface area (Å²) in [5.74, 6) is -0.856. The topological polar surface area (TPSA) is 64.7 Å². The molecule has 0 aromatic heterocycles. The molecule has 0 radical (unpaired) electrons. The Hall–Kier alpha value is -2.84. The van der Waals surface area contributed by atoms with Crippen molar-refractivity contribution in [3.05, 3.63) is 71.8 Å². The third kappa shape index (κ3) is 8.90. The third-order valence-corrected chi connectivity index (χ3v) is 5.75. The Bertz CT molecular complexity index is 847. The number of carbonyl (C=O) groups excluding carboxylic acids is 2. The number of rotatable bonds is 10. The van der Waals surface area contributed by atoms with Crippen LogP contribution >= 0.6 is 24.4 Å². The van der Waals surface area contributed by atoms with Crippen LogP contribution in [0.1, 0.15) is 57.1 Å². The molecule has 2 N–H and O–H groups in total. The fourth-order valence-corrected chi connectivity index (χ4v) is 3.59. The molecule has 0 saturated carbocycles. The number of hydrogen-bond donors (Lipinski definition) is 2. The van der Waals surface area contributed by atoms with E-state index in [1.54, 1.807) is 10.0 Å². The molecule has 176 valence electrons. The lowest BCUT2D eigenvalue weighted by Crippen LogP contribution is -2.50. The highest BCUT2D eigenvalue weighted by atomic mass is 32.1. The molecule has 0 bridgehead atoms. The van der Waals surface area contributed by atoms with Crippen LogP contribution in [-0.2, 0) is 9.59 Å². The van der Waals surface area contributed by atoms with Gasteiger partial charge in [-0.15, -0.1) is 0 Å². The Labute approximate surface area is 207 Å². The number of benzene rings is 2. The molecule has 2 amide bonds. The highest BCUT2D eigenvalue weighted by Gasteiger charge is 2.19. The van der Waals surface area contributed by atoms with E-state index >= 15 is 0 Å². The molecule has 33 heavy (non-hydrogen) atoms. The lowest BCUT2D eigenvalue weighted by atomic mass is 10.2. The zero-order chi connectivity index (χ0) is 24.1. The van der Waals surface area contributed by atoms with Crippen molar-refractivity contribution in [2.45, 2.75) is 46.0 Å². The van der Waals surface area contributed by atoms with E-state index in [0.29, 0.717) is 23.1 Å². The summed E-state index contributed by atoms with van der Waals surface area (Å²) in [5, 5.41) is 3.29. The molecular formula is C25H32N4O2S2. The van der Waals surface area contributed by atoms with E-state index in [-0.39, 0.29) is 6.42 Å². The van der Waals surface area contributed by atoms with Crippen LogP contribution < -0.4 is 10.9 Å². The van der Waals surface area contributed by atoms with Gasteiger partial charge in [0.25, 0.3) is 0 Å². The van der Waals surface area contributed by atoms with E-state index in [4.69, 9.17) is 24.4 Å². The van der Waals surface area contributed by atoms with E-state index in [2.05, 4.69) is 24.7 Å². The number of nitrogens with one attached hydrogen (secondary N) is 2. The first-order valence-electron chi connectivity index (χ1n) is 11.3. The number of nitrogens with zero attached hydrogens (tertiary/aromatic N) is 2. The second-order valence-corrected chi connectivity index (χ2v) is 8.37. The first-order chi connectivity index (χ1) is 16.0. The highest BCUT2D eigenvalue weighted by molar-refractivity contribution is 7.80. The van der Waals surface area contributed by atoms with Gasteiger partial charge in [0.05, 0.1) is 0 Å². The molecule has 2 rings (SSSR count). The maximum atomic E-state index is 12.7. The van der Waals surface area contributed by atoms with Gasteiger partial charge >= 0.3 is 0 Å². The van der Waals surface area contributed by atoms with Gasteiger partial charge in [0.15, 0.2) is 0 Å². The van der Waals surface area contributed by atoms with Crippen molar-refractivity contribution in [1.82, 2.24) is 20.9 Å². The van der Waals surface area contributed by atoms with E-state index in [1.807, 2.05) is 60.7 Å². The molecule has 0 aliphatic rings. The summed E-state index contributed by atoms with van der Waals surface area (Å²) < 4.78 is 0. The van der Waals surface area contributed by atoms with Crippen molar-refractivity contribution in [3.8, 4) is 0 Å². The molecule has 6 nitrogen and oxygen atoms in total. The lowest BCUT2D eigenvalue weighted by Gasteiger charge is -2.27. The smallest absolute Gasteiger partial charge is 0.248 e. The van der Waals surface area contributed by atoms with Gasteiger partial charge in [0, 0.05) is 24.2 Å². The zero-order valence-electron chi connectivity index (χ0n) is 19.3. The molecule has 0 aliphatic heterocycles. The maximum Gasteiger partial charge on any atom is 0.248 e. The first kappa shape index (κ1) is 26.4. The van der Waals surface area contributed by atoms with Crippen molar-refractivity contribution in [2.24, 2.45) is 0 Å². The fourth-order valence-electron chi connectivity index (χ4n) is 3.05. The quantitative estimate of drug-likeness (QED) is 0.296. The summed E-state index contributed by atoms with van der Waals surface area (Å²) in [6, 6.07) is 19.0. The van der Waals surface area contributed by atoms with Gasteiger partial charge in [-0.1, -0.05) is 112 Å². The monoisotopic (exact) mass is 484 g/mol. The van der Waals surface area contributed by atoms with Crippen LogP contribution in [0, 0.1) is 0 Å². The van der Waals surface area contributed by atoms with Crippen molar-refractivity contribution < 1.29 is 9.59 Å². The maximum absolute atomic E-state index is 12.7. The third-order valence-electron chi connectivity index (χ3n) is 4.84.